The third-order valence-corrected chi connectivity index (χ3v) is 1.80. The van der Waals surface area contributed by atoms with Gasteiger partial charge in [-0.2, -0.15) is 13.2 Å². The molecule has 0 aliphatic heterocycles. The minimum atomic E-state index is -4.68. The number of hydrogen-bond acceptors (Lipinski definition) is 4. The van der Waals surface area contributed by atoms with Crippen molar-refractivity contribution in [1.29, 1.82) is 0 Å². The van der Waals surface area contributed by atoms with Crippen molar-refractivity contribution in [2.45, 2.75) is 6.18 Å². The Morgan fingerprint density at radius 2 is 2.05 bits per heavy atom. The van der Waals surface area contributed by atoms with Crippen LogP contribution in [0.1, 0.15) is 10.4 Å². The second kappa shape index (κ2) is 5.61. The van der Waals surface area contributed by atoms with Crippen LogP contribution in [-0.4, -0.2) is 23.6 Å². The number of nitrogens with zero attached hydrogens (tertiary/aromatic N) is 1. The van der Waals surface area contributed by atoms with Crippen LogP contribution in [0, 0.1) is 15.9 Å². The number of nitro groups is 1. The van der Waals surface area contributed by atoms with E-state index in [1.807, 2.05) is 0 Å². The smallest absolute Gasteiger partial charge is 0.267 e. The van der Waals surface area contributed by atoms with Crippen LogP contribution in [0.4, 0.5) is 23.2 Å². The highest BCUT2D eigenvalue weighted by atomic mass is 19.4. The van der Waals surface area contributed by atoms with E-state index >= 15 is 0 Å². The van der Waals surface area contributed by atoms with Crippen molar-refractivity contribution in [2.24, 2.45) is 0 Å². The van der Waals surface area contributed by atoms with Gasteiger partial charge in [-0.25, -0.2) is 9.87 Å². The van der Waals surface area contributed by atoms with Crippen LogP contribution in [0.2, 0.25) is 0 Å². The zero-order valence-electron chi connectivity index (χ0n) is 9.03. The first-order chi connectivity index (χ1) is 8.70. The SMILES string of the molecule is O=C(NOCC(F)(F)F)c1cc(F)ccc1[N+](=O)[O-]. The normalized spacial score (nSPS) is 11.2. The Hall–Kier alpha value is -2.23. The number of hydrogen-bond donors (Lipinski definition) is 1. The lowest BCUT2D eigenvalue weighted by atomic mass is 10.1. The van der Waals surface area contributed by atoms with Crippen molar-refractivity contribution in [2.75, 3.05) is 6.61 Å². The summed E-state index contributed by atoms with van der Waals surface area (Å²) < 4.78 is 48.1. The molecule has 1 rings (SSSR count). The summed E-state index contributed by atoms with van der Waals surface area (Å²) in [6.07, 6.45) is -4.68. The Bertz CT molecular complexity index is 503. The minimum absolute atomic E-state index is 0.518. The molecule has 19 heavy (non-hydrogen) atoms. The van der Waals surface area contributed by atoms with E-state index in [1.165, 1.54) is 5.48 Å². The number of benzene rings is 1. The number of halogens is 4. The van der Waals surface area contributed by atoms with Gasteiger partial charge in [0.2, 0.25) is 0 Å². The number of carbonyl (C=O) groups is 1. The topological polar surface area (TPSA) is 81.5 Å². The summed E-state index contributed by atoms with van der Waals surface area (Å²) in [5, 5.41) is 10.6. The van der Waals surface area contributed by atoms with E-state index in [0.29, 0.717) is 12.1 Å². The van der Waals surface area contributed by atoms with E-state index in [9.17, 15) is 32.5 Å². The Kier molecular flexibility index (Phi) is 4.38. The summed E-state index contributed by atoms with van der Waals surface area (Å²) in [7, 11) is 0. The van der Waals surface area contributed by atoms with Crippen molar-refractivity contribution >= 4 is 11.6 Å². The number of rotatable bonds is 4. The predicted octanol–water partition coefficient (Wildman–Crippen LogP) is 1.96. The Labute approximate surface area is 103 Å². The first-order valence-corrected chi connectivity index (χ1v) is 4.63. The lowest BCUT2D eigenvalue weighted by Gasteiger charge is -2.08. The van der Waals surface area contributed by atoms with Crippen LogP contribution in [0.15, 0.2) is 18.2 Å². The van der Waals surface area contributed by atoms with Gasteiger partial charge in [0.05, 0.1) is 4.92 Å². The first-order valence-electron chi connectivity index (χ1n) is 4.63. The van der Waals surface area contributed by atoms with Gasteiger partial charge < -0.3 is 0 Å². The first kappa shape index (κ1) is 14.8. The summed E-state index contributed by atoms with van der Waals surface area (Å²) in [5.41, 5.74) is -0.151. The van der Waals surface area contributed by atoms with Crippen LogP contribution in [0.5, 0.6) is 0 Å². The molecule has 0 heterocycles. The Morgan fingerprint density at radius 3 is 2.58 bits per heavy atom. The average Bonchev–Trinajstić information content (AvgIpc) is 2.26. The highest BCUT2D eigenvalue weighted by Crippen LogP contribution is 2.19. The molecule has 0 radical (unpaired) electrons. The summed E-state index contributed by atoms with van der Waals surface area (Å²) in [6, 6.07) is 1.98. The summed E-state index contributed by atoms with van der Waals surface area (Å²) >= 11 is 0. The molecule has 1 N–H and O–H groups in total. The summed E-state index contributed by atoms with van der Waals surface area (Å²) in [5.74, 6) is -2.30. The van der Waals surface area contributed by atoms with Gasteiger partial charge in [0.1, 0.15) is 11.4 Å². The fourth-order valence-corrected chi connectivity index (χ4v) is 1.09. The predicted molar refractivity (Wildman–Crippen MR) is 52.5 cm³/mol. The second-order valence-electron chi connectivity index (χ2n) is 3.25. The number of alkyl halides is 3. The zero-order chi connectivity index (χ0) is 14.6. The molecule has 0 saturated heterocycles. The lowest BCUT2D eigenvalue weighted by molar-refractivity contribution is -0.385. The molecule has 0 aliphatic rings. The van der Waals surface area contributed by atoms with Crippen LogP contribution >= 0.6 is 0 Å². The third kappa shape index (κ3) is 4.50. The number of hydroxylamine groups is 1. The molecule has 0 spiro atoms. The van der Waals surface area contributed by atoms with Gasteiger partial charge >= 0.3 is 6.18 Å². The molecule has 104 valence electrons. The molecular formula is C9H6F4N2O4. The lowest BCUT2D eigenvalue weighted by Crippen LogP contribution is -2.30. The summed E-state index contributed by atoms with van der Waals surface area (Å²) in [4.78, 5) is 24.7. The average molecular weight is 282 g/mol. The molecule has 0 aliphatic carbocycles. The highest BCUT2D eigenvalue weighted by molar-refractivity contribution is 5.97. The van der Waals surface area contributed by atoms with Crippen LogP contribution in [0.3, 0.4) is 0 Å². The molecule has 6 nitrogen and oxygen atoms in total. The van der Waals surface area contributed by atoms with Crippen molar-refractivity contribution < 1.29 is 32.1 Å². The fraction of sp³-hybridized carbons (Fsp3) is 0.222. The van der Waals surface area contributed by atoms with Gasteiger partial charge in [0, 0.05) is 6.07 Å². The maximum atomic E-state index is 12.9. The number of nitrogens with one attached hydrogen (secondary N) is 1. The fourth-order valence-electron chi connectivity index (χ4n) is 1.09. The monoisotopic (exact) mass is 282 g/mol. The maximum absolute atomic E-state index is 12.9. The van der Waals surface area contributed by atoms with Gasteiger partial charge in [-0.3, -0.25) is 19.7 Å². The number of carbonyl (C=O) groups excluding carboxylic acids is 1. The maximum Gasteiger partial charge on any atom is 0.414 e. The molecular weight excluding hydrogens is 276 g/mol. The standard InChI is InChI=1S/C9H6F4N2O4/c10-5-1-2-7(15(17)18)6(3-5)8(16)14-19-4-9(11,12)13/h1-3H,4H2,(H,14,16). The van der Waals surface area contributed by atoms with Crippen molar-refractivity contribution in [3.05, 3.63) is 39.7 Å². The highest BCUT2D eigenvalue weighted by Gasteiger charge is 2.29. The molecule has 0 atom stereocenters. The van der Waals surface area contributed by atoms with E-state index in [0.717, 1.165) is 6.07 Å². The Balaban J connectivity index is 2.81. The van der Waals surface area contributed by atoms with Gasteiger partial charge in [0.25, 0.3) is 11.6 Å². The van der Waals surface area contributed by atoms with Gasteiger partial charge in [0.15, 0.2) is 6.61 Å². The van der Waals surface area contributed by atoms with Crippen LogP contribution in [0.25, 0.3) is 0 Å². The van der Waals surface area contributed by atoms with Crippen molar-refractivity contribution in [3.8, 4) is 0 Å². The molecule has 0 unspecified atom stereocenters. The Morgan fingerprint density at radius 1 is 1.42 bits per heavy atom. The third-order valence-electron chi connectivity index (χ3n) is 1.80. The van der Waals surface area contributed by atoms with Gasteiger partial charge in [-0.1, -0.05) is 0 Å². The largest absolute Gasteiger partial charge is 0.414 e. The minimum Gasteiger partial charge on any atom is -0.267 e. The molecule has 0 aromatic heterocycles. The molecule has 1 amide bonds. The molecule has 1 aromatic rings. The van der Waals surface area contributed by atoms with Crippen LogP contribution in [-0.2, 0) is 4.84 Å². The van der Waals surface area contributed by atoms with E-state index in [4.69, 9.17) is 0 Å². The van der Waals surface area contributed by atoms with Crippen molar-refractivity contribution in [3.63, 3.8) is 0 Å². The van der Waals surface area contributed by atoms with Gasteiger partial charge in [-0.05, 0) is 12.1 Å². The molecule has 1 aromatic carbocycles. The van der Waals surface area contributed by atoms with Gasteiger partial charge in [-0.15, -0.1) is 0 Å². The number of nitro benzene ring substituents is 1. The number of amides is 1. The van der Waals surface area contributed by atoms with Crippen molar-refractivity contribution in [1.82, 2.24) is 5.48 Å². The quantitative estimate of drug-likeness (QED) is 0.520. The van der Waals surface area contributed by atoms with E-state index < -0.39 is 40.7 Å². The van der Waals surface area contributed by atoms with Crippen LogP contribution < -0.4 is 5.48 Å². The van der Waals surface area contributed by atoms with E-state index in [-0.39, 0.29) is 0 Å². The molecule has 0 bridgehead atoms. The molecule has 0 saturated carbocycles. The molecule has 0 fully saturated rings. The van der Waals surface area contributed by atoms with E-state index in [1.54, 1.807) is 0 Å². The zero-order valence-corrected chi connectivity index (χ0v) is 9.03. The molecule has 10 heteroatoms. The van der Waals surface area contributed by atoms with E-state index in [2.05, 4.69) is 4.84 Å². The summed E-state index contributed by atoms with van der Waals surface area (Å²) in [6.45, 7) is -1.78. The second-order valence-corrected chi connectivity index (χ2v) is 3.25.